The fraction of sp³-hybridized carbons (Fsp3) is 0.375. The SMILES string of the molecule is OCCNCCCNCc1ccc(-c2ccc(Br)cc2Cl)o1. The van der Waals surface area contributed by atoms with E-state index in [0.717, 1.165) is 41.1 Å². The predicted molar refractivity (Wildman–Crippen MR) is 93.1 cm³/mol. The van der Waals surface area contributed by atoms with Crippen LogP contribution in [0.3, 0.4) is 0 Å². The first-order chi connectivity index (χ1) is 10.7. The molecule has 0 fully saturated rings. The average molecular weight is 388 g/mol. The van der Waals surface area contributed by atoms with E-state index in [0.29, 0.717) is 18.1 Å². The molecule has 0 spiro atoms. The van der Waals surface area contributed by atoms with Crippen LogP contribution < -0.4 is 10.6 Å². The molecule has 0 bridgehead atoms. The molecule has 22 heavy (non-hydrogen) atoms. The molecule has 1 heterocycles. The number of hydrogen-bond donors (Lipinski definition) is 3. The van der Waals surface area contributed by atoms with E-state index < -0.39 is 0 Å². The minimum atomic E-state index is 0.182. The number of benzene rings is 1. The lowest BCUT2D eigenvalue weighted by molar-refractivity contribution is 0.292. The van der Waals surface area contributed by atoms with Crippen molar-refractivity contribution >= 4 is 27.5 Å². The van der Waals surface area contributed by atoms with Crippen LogP contribution in [0.25, 0.3) is 11.3 Å². The fourth-order valence-electron chi connectivity index (χ4n) is 2.06. The fourth-order valence-corrected chi connectivity index (χ4v) is 2.83. The highest BCUT2D eigenvalue weighted by molar-refractivity contribution is 9.10. The van der Waals surface area contributed by atoms with Gasteiger partial charge in [-0.05, 0) is 49.8 Å². The van der Waals surface area contributed by atoms with E-state index in [2.05, 4.69) is 26.6 Å². The zero-order chi connectivity index (χ0) is 15.8. The molecule has 3 N–H and O–H groups in total. The Morgan fingerprint density at radius 3 is 2.68 bits per heavy atom. The van der Waals surface area contributed by atoms with Crippen LogP contribution in [0, 0.1) is 0 Å². The lowest BCUT2D eigenvalue weighted by Gasteiger charge is -2.04. The van der Waals surface area contributed by atoms with Crippen LogP contribution in [0.15, 0.2) is 39.2 Å². The lowest BCUT2D eigenvalue weighted by atomic mass is 10.2. The van der Waals surface area contributed by atoms with Crippen molar-refractivity contribution in [1.29, 1.82) is 0 Å². The molecule has 1 aromatic carbocycles. The van der Waals surface area contributed by atoms with Crippen LogP contribution in [0.4, 0.5) is 0 Å². The Morgan fingerprint density at radius 1 is 1.09 bits per heavy atom. The molecule has 2 aromatic rings. The van der Waals surface area contributed by atoms with Gasteiger partial charge >= 0.3 is 0 Å². The van der Waals surface area contributed by atoms with Gasteiger partial charge in [-0.2, -0.15) is 0 Å². The van der Waals surface area contributed by atoms with Crippen molar-refractivity contribution < 1.29 is 9.52 Å². The van der Waals surface area contributed by atoms with Crippen LogP contribution in [0.2, 0.25) is 5.02 Å². The molecule has 0 amide bonds. The minimum Gasteiger partial charge on any atom is -0.460 e. The Balaban J connectivity index is 1.79. The molecule has 0 atom stereocenters. The van der Waals surface area contributed by atoms with Crippen LogP contribution in [-0.4, -0.2) is 31.3 Å². The summed E-state index contributed by atoms with van der Waals surface area (Å²) < 4.78 is 6.77. The Labute approximate surface area is 144 Å². The van der Waals surface area contributed by atoms with Crippen LogP contribution >= 0.6 is 27.5 Å². The van der Waals surface area contributed by atoms with Crippen LogP contribution in [0.5, 0.6) is 0 Å². The quantitative estimate of drug-likeness (QED) is 0.577. The van der Waals surface area contributed by atoms with E-state index in [4.69, 9.17) is 21.1 Å². The van der Waals surface area contributed by atoms with Gasteiger partial charge in [0.2, 0.25) is 0 Å². The standard InChI is InChI=1S/C16H20BrClN2O2/c17-12-2-4-14(15(18)10-12)16-5-3-13(22-16)11-20-7-1-6-19-8-9-21/h2-5,10,19-21H,1,6-9,11H2. The van der Waals surface area contributed by atoms with Gasteiger partial charge in [-0.15, -0.1) is 0 Å². The van der Waals surface area contributed by atoms with Crippen LogP contribution in [-0.2, 0) is 6.54 Å². The van der Waals surface area contributed by atoms with Gasteiger partial charge in [0, 0.05) is 16.6 Å². The van der Waals surface area contributed by atoms with Crippen LogP contribution in [0.1, 0.15) is 12.2 Å². The monoisotopic (exact) mass is 386 g/mol. The molecule has 120 valence electrons. The summed E-state index contributed by atoms with van der Waals surface area (Å²) in [4.78, 5) is 0. The number of nitrogens with one attached hydrogen (secondary N) is 2. The normalized spacial score (nSPS) is 11.0. The zero-order valence-corrected chi connectivity index (χ0v) is 14.6. The van der Waals surface area contributed by atoms with Crippen molar-refractivity contribution in [2.75, 3.05) is 26.2 Å². The Kier molecular flexibility index (Phi) is 7.42. The summed E-state index contributed by atoms with van der Waals surface area (Å²) in [5.74, 6) is 1.66. The summed E-state index contributed by atoms with van der Waals surface area (Å²) in [5, 5.41) is 15.8. The largest absolute Gasteiger partial charge is 0.460 e. The van der Waals surface area contributed by atoms with Crippen molar-refractivity contribution in [3.05, 3.63) is 45.6 Å². The molecular weight excluding hydrogens is 368 g/mol. The van der Waals surface area contributed by atoms with Gasteiger partial charge in [0.1, 0.15) is 11.5 Å². The van der Waals surface area contributed by atoms with Gasteiger partial charge in [0.05, 0.1) is 18.2 Å². The maximum absolute atomic E-state index is 8.65. The molecule has 4 nitrogen and oxygen atoms in total. The van der Waals surface area contributed by atoms with Gasteiger partial charge in [0.25, 0.3) is 0 Å². The van der Waals surface area contributed by atoms with E-state index in [9.17, 15) is 0 Å². The second-order valence-electron chi connectivity index (χ2n) is 4.89. The van der Waals surface area contributed by atoms with Crippen molar-refractivity contribution in [1.82, 2.24) is 10.6 Å². The molecule has 0 aliphatic rings. The van der Waals surface area contributed by atoms with Gasteiger partial charge in [0.15, 0.2) is 0 Å². The second kappa shape index (κ2) is 9.33. The van der Waals surface area contributed by atoms with Crippen molar-refractivity contribution in [3.63, 3.8) is 0 Å². The molecule has 1 aromatic heterocycles. The van der Waals surface area contributed by atoms with Crippen molar-refractivity contribution in [3.8, 4) is 11.3 Å². The summed E-state index contributed by atoms with van der Waals surface area (Å²) in [7, 11) is 0. The van der Waals surface area contributed by atoms with Gasteiger partial charge in [-0.1, -0.05) is 27.5 Å². The van der Waals surface area contributed by atoms with Crippen molar-refractivity contribution in [2.24, 2.45) is 0 Å². The number of rotatable bonds is 9. The Hall–Kier alpha value is -0.850. The topological polar surface area (TPSA) is 57.4 Å². The molecule has 6 heteroatoms. The maximum atomic E-state index is 8.65. The van der Waals surface area contributed by atoms with E-state index in [1.165, 1.54) is 0 Å². The third-order valence-corrected chi connectivity index (χ3v) is 3.96. The highest BCUT2D eigenvalue weighted by Gasteiger charge is 2.08. The molecule has 0 saturated carbocycles. The third kappa shape index (κ3) is 5.41. The Bertz CT molecular complexity index is 589. The molecule has 0 radical (unpaired) electrons. The number of hydrogen-bond acceptors (Lipinski definition) is 4. The van der Waals surface area contributed by atoms with E-state index in [1.54, 1.807) is 0 Å². The maximum Gasteiger partial charge on any atom is 0.135 e. The molecule has 0 unspecified atom stereocenters. The minimum absolute atomic E-state index is 0.182. The second-order valence-corrected chi connectivity index (χ2v) is 6.22. The van der Waals surface area contributed by atoms with Gasteiger partial charge in [-0.3, -0.25) is 0 Å². The summed E-state index contributed by atoms with van der Waals surface area (Å²) in [6, 6.07) is 9.65. The first-order valence-corrected chi connectivity index (χ1v) is 8.44. The lowest BCUT2D eigenvalue weighted by Crippen LogP contribution is -2.23. The number of halogens is 2. The van der Waals surface area contributed by atoms with E-state index >= 15 is 0 Å². The highest BCUT2D eigenvalue weighted by Crippen LogP contribution is 2.31. The first kappa shape index (κ1) is 17.5. The summed E-state index contributed by atoms with van der Waals surface area (Å²) in [6.07, 6.45) is 1.01. The molecule has 0 saturated heterocycles. The number of furan rings is 1. The van der Waals surface area contributed by atoms with E-state index in [-0.39, 0.29) is 6.61 Å². The summed E-state index contributed by atoms with van der Waals surface area (Å²) >= 11 is 9.62. The van der Waals surface area contributed by atoms with Gasteiger partial charge in [-0.25, -0.2) is 0 Å². The summed E-state index contributed by atoms with van der Waals surface area (Å²) in [5.41, 5.74) is 0.893. The Morgan fingerprint density at radius 2 is 1.91 bits per heavy atom. The molecule has 0 aliphatic heterocycles. The van der Waals surface area contributed by atoms with Crippen molar-refractivity contribution in [2.45, 2.75) is 13.0 Å². The van der Waals surface area contributed by atoms with Gasteiger partial charge < -0.3 is 20.2 Å². The first-order valence-electron chi connectivity index (χ1n) is 7.27. The molecular formula is C16H20BrClN2O2. The summed E-state index contributed by atoms with van der Waals surface area (Å²) in [6.45, 7) is 3.31. The zero-order valence-electron chi connectivity index (χ0n) is 12.2. The molecule has 0 aliphatic carbocycles. The van der Waals surface area contributed by atoms with E-state index in [1.807, 2.05) is 30.3 Å². The number of aliphatic hydroxyl groups is 1. The predicted octanol–water partition coefficient (Wildman–Crippen LogP) is 3.42. The smallest absolute Gasteiger partial charge is 0.135 e. The number of aliphatic hydroxyl groups excluding tert-OH is 1. The highest BCUT2D eigenvalue weighted by atomic mass is 79.9. The third-order valence-electron chi connectivity index (χ3n) is 3.15. The average Bonchev–Trinajstić information content (AvgIpc) is 2.95. The molecule has 2 rings (SSSR count).